The van der Waals surface area contributed by atoms with E-state index >= 15 is 0 Å². The minimum Gasteiger partial charge on any atom is -0.493 e. The Balaban J connectivity index is 2.24. The molecule has 1 aliphatic rings. The zero-order valence-corrected chi connectivity index (χ0v) is 10.1. The van der Waals surface area contributed by atoms with Gasteiger partial charge in [-0.25, -0.2) is 0 Å². The smallest absolute Gasteiger partial charge is 0.162 e. The van der Waals surface area contributed by atoms with Crippen LogP contribution in [0.25, 0.3) is 0 Å². The van der Waals surface area contributed by atoms with Crippen LogP contribution in [0.4, 0.5) is 0 Å². The Kier molecular flexibility index (Phi) is 3.50. The molecular weight excluding hydrogens is 216 g/mol. The maximum atomic E-state index is 9.11. The molecule has 0 aromatic heterocycles. The molecule has 1 aromatic carbocycles. The van der Waals surface area contributed by atoms with Crippen LogP contribution in [0.1, 0.15) is 24.0 Å². The van der Waals surface area contributed by atoms with Gasteiger partial charge < -0.3 is 14.8 Å². The van der Waals surface area contributed by atoms with Gasteiger partial charge in [-0.2, -0.15) is 5.26 Å². The molecule has 0 unspecified atom stereocenters. The number of benzene rings is 1. The molecule has 0 amide bonds. The van der Waals surface area contributed by atoms with Crippen LogP contribution in [-0.4, -0.2) is 20.3 Å². The summed E-state index contributed by atoms with van der Waals surface area (Å²) in [6.45, 7) is 0.702. The van der Waals surface area contributed by atoms with E-state index in [1.54, 1.807) is 20.3 Å². The molecule has 17 heavy (non-hydrogen) atoms. The third-order valence-electron chi connectivity index (χ3n) is 2.89. The maximum Gasteiger partial charge on any atom is 0.162 e. The molecule has 0 heterocycles. The second-order valence-corrected chi connectivity index (χ2v) is 4.13. The van der Waals surface area contributed by atoms with E-state index in [4.69, 9.17) is 14.7 Å². The van der Waals surface area contributed by atoms with Crippen molar-refractivity contribution in [3.05, 3.63) is 23.3 Å². The summed E-state index contributed by atoms with van der Waals surface area (Å²) < 4.78 is 10.4. The third-order valence-corrected chi connectivity index (χ3v) is 2.89. The first kappa shape index (κ1) is 11.7. The van der Waals surface area contributed by atoms with Crippen molar-refractivity contribution in [3.63, 3.8) is 0 Å². The Morgan fingerprint density at radius 1 is 1.29 bits per heavy atom. The Labute approximate surface area is 101 Å². The average Bonchev–Trinajstić information content (AvgIpc) is 3.19. The normalized spacial score (nSPS) is 14.2. The van der Waals surface area contributed by atoms with Crippen molar-refractivity contribution in [2.75, 3.05) is 14.2 Å². The van der Waals surface area contributed by atoms with E-state index in [1.165, 1.54) is 12.8 Å². The molecule has 0 spiro atoms. The maximum absolute atomic E-state index is 9.11. The lowest BCUT2D eigenvalue weighted by Crippen LogP contribution is -2.16. The van der Waals surface area contributed by atoms with Gasteiger partial charge in [-0.1, -0.05) is 0 Å². The van der Waals surface area contributed by atoms with Gasteiger partial charge in [-0.05, 0) is 24.5 Å². The highest BCUT2D eigenvalue weighted by Gasteiger charge is 2.21. The Hall–Kier alpha value is -1.73. The van der Waals surface area contributed by atoms with Crippen molar-refractivity contribution in [2.45, 2.75) is 25.4 Å². The number of nitriles is 1. The molecule has 0 radical (unpaired) electrons. The summed E-state index contributed by atoms with van der Waals surface area (Å²) in [6, 6.07) is 6.40. The van der Waals surface area contributed by atoms with E-state index in [0.717, 1.165) is 5.56 Å². The van der Waals surface area contributed by atoms with Gasteiger partial charge in [-0.3, -0.25) is 0 Å². The van der Waals surface area contributed by atoms with Gasteiger partial charge in [0.1, 0.15) is 0 Å². The summed E-state index contributed by atoms with van der Waals surface area (Å²) in [5.41, 5.74) is 1.59. The lowest BCUT2D eigenvalue weighted by molar-refractivity contribution is 0.354. The minimum atomic E-state index is 0.597. The van der Waals surface area contributed by atoms with Crippen molar-refractivity contribution in [3.8, 4) is 17.6 Å². The summed E-state index contributed by atoms with van der Waals surface area (Å²) in [7, 11) is 3.17. The average molecular weight is 232 g/mol. The molecule has 0 bridgehead atoms. The van der Waals surface area contributed by atoms with Gasteiger partial charge in [0.25, 0.3) is 0 Å². The van der Waals surface area contributed by atoms with Crippen LogP contribution in [0.5, 0.6) is 11.5 Å². The molecule has 1 N–H and O–H groups in total. The molecule has 1 aliphatic carbocycles. The Morgan fingerprint density at radius 3 is 2.47 bits per heavy atom. The summed E-state index contributed by atoms with van der Waals surface area (Å²) >= 11 is 0. The second-order valence-electron chi connectivity index (χ2n) is 4.13. The number of ether oxygens (including phenoxy) is 2. The van der Waals surface area contributed by atoms with E-state index in [2.05, 4.69) is 11.4 Å². The van der Waals surface area contributed by atoms with Crippen LogP contribution in [0, 0.1) is 11.3 Å². The van der Waals surface area contributed by atoms with Crippen molar-refractivity contribution >= 4 is 0 Å². The van der Waals surface area contributed by atoms with Crippen molar-refractivity contribution in [2.24, 2.45) is 0 Å². The molecule has 0 atom stereocenters. The fourth-order valence-corrected chi connectivity index (χ4v) is 1.71. The van der Waals surface area contributed by atoms with E-state index in [-0.39, 0.29) is 0 Å². The molecule has 4 heteroatoms. The standard InChI is InChI=1S/C13H16N2O2/c1-16-12-5-9(7-14)10(6-13(12)17-2)8-15-11-3-4-11/h5-6,11,15H,3-4,8H2,1-2H3. The first-order chi connectivity index (χ1) is 8.28. The molecule has 2 rings (SSSR count). The lowest BCUT2D eigenvalue weighted by atomic mass is 10.1. The molecule has 1 fully saturated rings. The topological polar surface area (TPSA) is 54.3 Å². The van der Waals surface area contributed by atoms with Crippen LogP contribution in [0.3, 0.4) is 0 Å². The summed E-state index contributed by atoms with van der Waals surface area (Å²) in [4.78, 5) is 0. The number of methoxy groups -OCH3 is 2. The number of nitrogens with zero attached hydrogens (tertiary/aromatic N) is 1. The number of hydrogen-bond acceptors (Lipinski definition) is 4. The minimum absolute atomic E-state index is 0.597. The second kappa shape index (κ2) is 5.07. The van der Waals surface area contributed by atoms with Crippen molar-refractivity contribution in [1.29, 1.82) is 5.26 Å². The quantitative estimate of drug-likeness (QED) is 0.841. The van der Waals surface area contributed by atoms with Crippen LogP contribution in [-0.2, 0) is 6.54 Å². The van der Waals surface area contributed by atoms with Crippen LogP contribution in [0.2, 0.25) is 0 Å². The van der Waals surface area contributed by atoms with Gasteiger partial charge in [0, 0.05) is 18.7 Å². The molecule has 4 nitrogen and oxygen atoms in total. The van der Waals surface area contributed by atoms with E-state index < -0.39 is 0 Å². The van der Waals surface area contributed by atoms with Crippen LogP contribution in [0.15, 0.2) is 12.1 Å². The van der Waals surface area contributed by atoms with Gasteiger partial charge in [0.2, 0.25) is 0 Å². The molecule has 1 saturated carbocycles. The predicted molar refractivity (Wildman–Crippen MR) is 64.1 cm³/mol. The van der Waals surface area contributed by atoms with Crippen LogP contribution < -0.4 is 14.8 Å². The third kappa shape index (κ3) is 2.69. The molecule has 0 aliphatic heterocycles. The Morgan fingerprint density at radius 2 is 1.94 bits per heavy atom. The van der Waals surface area contributed by atoms with Crippen molar-refractivity contribution < 1.29 is 9.47 Å². The number of hydrogen-bond donors (Lipinski definition) is 1. The van der Waals surface area contributed by atoms with Gasteiger partial charge >= 0.3 is 0 Å². The highest BCUT2D eigenvalue weighted by Crippen LogP contribution is 2.30. The zero-order valence-electron chi connectivity index (χ0n) is 10.1. The highest BCUT2D eigenvalue weighted by molar-refractivity contribution is 5.51. The fraction of sp³-hybridized carbons (Fsp3) is 0.462. The SMILES string of the molecule is COc1cc(C#N)c(CNC2CC2)cc1OC. The predicted octanol–water partition coefficient (Wildman–Crippen LogP) is 1.83. The van der Waals surface area contributed by atoms with Crippen molar-refractivity contribution in [1.82, 2.24) is 5.32 Å². The molecule has 1 aromatic rings. The van der Waals surface area contributed by atoms with E-state index in [9.17, 15) is 0 Å². The summed E-state index contributed by atoms with van der Waals surface area (Å²) in [6.07, 6.45) is 2.46. The summed E-state index contributed by atoms with van der Waals surface area (Å²) in [5, 5.41) is 12.5. The summed E-state index contributed by atoms with van der Waals surface area (Å²) in [5.74, 6) is 1.26. The van der Waals surface area contributed by atoms with Gasteiger partial charge in [-0.15, -0.1) is 0 Å². The first-order valence-electron chi connectivity index (χ1n) is 5.67. The largest absolute Gasteiger partial charge is 0.493 e. The van der Waals surface area contributed by atoms with E-state index in [1.807, 2.05) is 6.07 Å². The molecular formula is C13H16N2O2. The highest BCUT2D eigenvalue weighted by atomic mass is 16.5. The first-order valence-corrected chi connectivity index (χ1v) is 5.67. The number of nitrogens with one attached hydrogen (secondary N) is 1. The monoisotopic (exact) mass is 232 g/mol. The molecule has 90 valence electrons. The Bertz CT molecular complexity index is 447. The zero-order chi connectivity index (χ0) is 12.3. The number of rotatable bonds is 5. The van der Waals surface area contributed by atoms with Crippen LogP contribution >= 0.6 is 0 Å². The fourth-order valence-electron chi connectivity index (χ4n) is 1.71. The van der Waals surface area contributed by atoms with Gasteiger partial charge in [0.05, 0.1) is 25.9 Å². The van der Waals surface area contributed by atoms with E-state index in [0.29, 0.717) is 29.6 Å². The molecule has 0 saturated heterocycles. The lowest BCUT2D eigenvalue weighted by Gasteiger charge is -2.12. The van der Waals surface area contributed by atoms with Gasteiger partial charge in [0.15, 0.2) is 11.5 Å².